The van der Waals surface area contributed by atoms with Crippen LogP contribution in [-0.4, -0.2) is 48.9 Å². The van der Waals surface area contributed by atoms with Gasteiger partial charge in [0.05, 0.1) is 11.5 Å². The molecular formula is C24H25N3O5S. The standard InChI is InChI=1S/C24H25N3O5S/c25-23(28)24(9-12-31-13-10-24)33(29,30)22-6-4-21(5-7-22)32-11-8-18-2-1-3-19(14-18)20-15-26-17-27-16-20/h1-7,14-17H,8-13H2,(H2,25,28). The Morgan fingerprint density at radius 3 is 2.39 bits per heavy atom. The van der Waals surface area contributed by atoms with Gasteiger partial charge in [0, 0.05) is 37.6 Å². The number of sulfone groups is 1. The molecule has 1 fully saturated rings. The molecule has 1 aliphatic rings. The van der Waals surface area contributed by atoms with Crippen LogP contribution >= 0.6 is 0 Å². The first kappa shape index (κ1) is 22.9. The highest BCUT2D eigenvalue weighted by atomic mass is 32.2. The molecule has 1 aliphatic heterocycles. The summed E-state index contributed by atoms with van der Waals surface area (Å²) >= 11 is 0. The first-order chi connectivity index (χ1) is 15.9. The predicted molar refractivity (Wildman–Crippen MR) is 122 cm³/mol. The average molecular weight is 468 g/mol. The number of carbonyl (C=O) groups is 1. The summed E-state index contributed by atoms with van der Waals surface area (Å²) in [4.78, 5) is 20.3. The van der Waals surface area contributed by atoms with E-state index in [9.17, 15) is 13.2 Å². The van der Waals surface area contributed by atoms with Crippen molar-refractivity contribution in [3.8, 4) is 16.9 Å². The van der Waals surface area contributed by atoms with Crippen LogP contribution in [0.15, 0.2) is 72.1 Å². The number of amides is 1. The summed E-state index contributed by atoms with van der Waals surface area (Å²) in [6, 6.07) is 14.2. The van der Waals surface area contributed by atoms with Gasteiger partial charge in [-0.3, -0.25) is 4.79 Å². The second-order valence-electron chi connectivity index (χ2n) is 7.87. The molecule has 0 spiro atoms. The van der Waals surface area contributed by atoms with Crippen molar-refractivity contribution in [1.29, 1.82) is 0 Å². The lowest BCUT2D eigenvalue weighted by Crippen LogP contribution is -2.53. The number of hydrogen-bond acceptors (Lipinski definition) is 7. The second kappa shape index (κ2) is 9.68. The molecule has 0 bridgehead atoms. The quantitative estimate of drug-likeness (QED) is 0.540. The van der Waals surface area contributed by atoms with Gasteiger partial charge < -0.3 is 15.2 Å². The molecule has 1 aromatic heterocycles. The van der Waals surface area contributed by atoms with Crippen molar-refractivity contribution >= 4 is 15.7 Å². The summed E-state index contributed by atoms with van der Waals surface area (Å²) in [6.45, 7) is 0.785. The monoisotopic (exact) mass is 467 g/mol. The van der Waals surface area contributed by atoms with Gasteiger partial charge in [0.15, 0.2) is 14.6 Å². The van der Waals surface area contributed by atoms with E-state index in [1.54, 1.807) is 24.5 Å². The van der Waals surface area contributed by atoms with Crippen LogP contribution in [0.2, 0.25) is 0 Å². The Bertz CT molecular complexity index is 1210. The molecule has 0 radical (unpaired) electrons. The number of benzene rings is 2. The Labute approximate surface area is 192 Å². The number of nitrogens with two attached hydrogens (primary N) is 1. The zero-order valence-corrected chi connectivity index (χ0v) is 18.8. The van der Waals surface area contributed by atoms with Crippen LogP contribution in [0.3, 0.4) is 0 Å². The molecule has 2 N–H and O–H groups in total. The summed E-state index contributed by atoms with van der Waals surface area (Å²) in [5.41, 5.74) is 8.58. The molecule has 9 heteroatoms. The number of nitrogens with zero attached hydrogens (tertiary/aromatic N) is 2. The van der Waals surface area contributed by atoms with E-state index in [-0.39, 0.29) is 31.0 Å². The molecule has 8 nitrogen and oxygen atoms in total. The van der Waals surface area contributed by atoms with Gasteiger partial charge >= 0.3 is 0 Å². The van der Waals surface area contributed by atoms with Crippen LogP contribution in [0, 0.1) is 0 Å². The number of carbonyl (C=O) groups excluding carboxylic acids is 1. The maximum Gasteiger partial charge on any atom is 0.239 e. The average Bonchev–Trinajstić information content (AvgIpc) is 2.85. The third kappa shape index (κ3) is 4.74. The van der Waals surface area contributed by atoms with Crippen molar-refractivity contribution in [2.75, 3.05) is 19.8 Å². The highest BCUT2D eigenvalue weighted by molar-refractivity contribution is 7.93. The Morgan fingerprint density at radius 1 is 1.03 bits per heavy atom. The van der Waals surface area contributed by atoms with Crippen LogP contribution in [-0.2, 0) is 25.8 Å². The molecule has 1 amide bonds. The first-order valence-corrected chi connectivity index (χ1v) is 12.1. The van der Waals surface area contributed by atoms with E-state index in [2.05, 4.69) is 16.0 Å². The van der Waals surface area contributed by atoms with Gasteiger partial charge in [0.1, 0.15) is 12.1 Å². The minimum Gasteiger partial charge on any atom is -0.493 e. The summed E-state index contributed by atoms with van der Waals surface area (Å²) < 4.78 is 35.8. The number of rotatable bonds is 8. The zero-order valence-electron chi connectivity index (χ0n) is 18.0. The van der Waals surface area contributed by atoms with Gasteiger partial charge in [-0.2, -0.15) is 0 Å². The highest BCUT2D eigenvalue weighted by Crippen LogP contribution is 2.35. The topological polar surface area (TPSA) is 121 Å². The number of primary amides is 1. The number of aromatic nitrogens is 2. The lowest BCUT2D eigenvalue weighted by Gasteiger charge is -2.33. The predicted octanol–water partition coefficient (Wildman–Crippen LogP) is 2.57. The van der Waals surface area contributed by atoms with Crippen LogP contribution in [0.1, 0.15) is 18.4 Å². The van der Waals surface area contributed by atoms with Gasteiger partial charge in [-0.05, 0) is 48.2 Å². The molecule has 2 aromatic carbocycles. The van der Waals surface area contributed by atoms with Crippen LogP contribution in [0.25, 0.3) is 11.1 Å². The van der Waals surface area contributed by atoms with Crippen molar-refractivity contribution in [2.24, 2.45) is 5.73 Å². The third-order valence-electron chi connectivity index (χ3n) is 5.88. The van der Waals surface area contributed by atoms with Crippen LogP contribution in [0.5, 0.6) is 5.75 Å². The van der Waals surface area contributed by atoms with E-state index < -0.39 is 20.5 Å². The molecule has 1 saturated heterocycles. The molecule has 0 atom stereocenters. The minimum atomic E-state index is -3.95. The molecular weight excluding hydrogens is 442 g/mol. The normalized spacial score (nSPS) is 15.6. The summed E-state index contributed by atoms with van der Waals surface area (Å²) in [6.07, 6.45) is 5.80. The van der Waals surface area contributed by atoms with Crippen molar-refractivity contribution in [3.05, 3.63) is 72.8 Å². The Hall–Kier alpha value is -3.30. The molecule has 3 aromatic rings. The summed E-state index contributed by atoms with van der Waals surface area (Å²) in [7, 11) is -3.95. The molecule has 0 aliphatic carbocycles. The van der Waals surface area contributed by atoms with Crippen LogP contribution < -0.4 is 10.5 Å². The third-order valence-corrected chi connectivity index (χ3v) is 8.41. The molecule has 0 unspecified atom stereocenters. The lowest BCUT2D eigenvalue weighted by molar-refractivity contribution is -0.122. The Kier molecular flexibility index (Phi) is 6.71. The molecule has 33 heavy (non-hydrogen) atoms. The fourth-order valence-electron chi connectivity index (χ4n) is 3.93. The van der Waals surface area contributed by atoms with Gasteiger partial charge in [0.2, 0.25) is 5.91 Å². The fraction of sp³-hybridized carbons (Fsp3) is 0.292. The van der Waals surface area contributed by atoms with E-state index in [1.807, 2.05) is 18.2 Å². The summed E-state index contributed by atoms with van der Waals surface area (Å²) in [5, 5.41) is 0. The van der Waals surface area contributed by atoms with Gasteiger partial charge in [0.25, 0.3) is 0 Å². The van der Waals surface area contributed by atoms with Gasteiger partial charge in [-0.1, -0.05) is 24.3 Å². The van der Waals surface area contributed by atoms with Crippen molar-refractivity contribution in [3.63, 3.8) is 0 Å². The molecule has 172 valence electrons. The van der Waals surface area contributed by atoms with E-state index >= 15 is 0 Å². The first-order valence-electron chi connectivity index (χ1n) is 10.6. The SMILES string of the molecule is NC(=O)C1(S(=O)(=O)c2ccc(OCCc3cccc(-c4cncnc4)c3)cc2)CCOCC1. The van der Waals surface area contributed by atoms with E-state index in [0.717, 1.165) is 16.7 Å². The highest BCUT2D eigenvalue weighted by Gasteiger charge is 2.51. The Balaban J connectivity index is 1.41. The van der Waals surface area contributed by atoms with Crippen molar-refractivity contribution in [1.82, 2.24) is 9.97 Å². The maximum absolute atomic E-state index is 13.2. The van der Waals surface area contributed by atoms with E-state index in [4.69, 9.17) is 15.2 Å². The van der Waals surface area contributed by atoms with E-state index in [0.29, 0.717) is 18.8 Å². The Morgan fingerprint density at radius 2 is 1.73 bits per heavy atom. The van der Waals surface area contributed by atoms with Gasteiger partial charge in [-0.25, -0.2) is 18.4 Å². The lowest BCUT2D eigenvalue weighted by atomic mass is 9.98. The second-order valence-corrected chi connectivity index (χ2v) is 10.1. The van der Waals surface area contributed by atoms with Crippen LogP contribution in [0.4, 0.5) is 0 Å². The zero-order chi connectivity index (χ0) is 23.3. The van der Waals surface area contributed by atoms with E-state index in [1.165, 1.54) is 18.5 Å². The minimum absolute atomic E-state index is 0.0494. The van der Waals surface area contributed by atoms with Crippen molar-refractivity contribution < 1.29 is 22.7 Å². The number of hydrogen-bond donors (Lipinski definition) is 1. The smallest absolute Gasteiger partial charge is 0.239 e. The largest absolute Gasteiger partial charge is 0.493 e. The maximum atomic E-state index is 13.2. The summed E-state index contributed by atoms with van der Waals surface area (Å²) in [5.74, 6) is -0.294. The molecule has 2 heterocycles. The van der Waals surface area contributed by atoms with Gasteiger partial charge in [-0.15, -0.1) is 0 Å². The molecule has 0 saturated carbocycles. The molecule has 4 rings (SSSR count). The number of ether oxygens (including phenoxy) is 2. The fourth-order valence-corrected chi connectivity index (χ4v) is 5.85. The van der Waals surface area contributed by atoms with Crippen molar-refractivity contribution in [2.45, 2.75) is 28.9 Å².